The summed E-state index contributed by atoms with van der Waals surface area (Å²) < 4.78 is 10.9. The number of aryl methyl sites for hydroxylation is 1. The third kappa shape index (κ3) is 4.94. The van der Waals surface area contributed by atoms with Gasteiger partial charge in [0.2, 0.25) is 0 Å². The molecule has 0 radical (unpaired) electrons. The van der Waals surface area contributed by atoms with Gasteiger partial charge in [-0.1, -0.05) is 23.7 Å². The molecular formula is C24H21ClNO6-. The summed E-state index contributed by atoms with van der Waals surface area (Å²) in [7, 11) is 0. The second kappa shape index (κ2) is 9.44. The van der Waals surface area contributed by atoms with Crippen molar-refractivity contribution in [3.63, 3.8) is 0 Å². The minimum absolute atomic E-state index is 0.0531. The SMILES string of the molecule is O=C(COc1ccc2c3c(c(=O)oc2c1)CCCC3)N[C@H](Cc1ccc(Cl)cc1)C(=O)[O-]. The summed E-state index contributed by atoms with van der Waals surface area (Å²) in [5, 5.41) is 15.2. The van der Waals surface area contributed by atoms with E-state index >= 15 is 0 Å². The van der Waals surface area contributed by atoms with Gasteiger partial charge in [-0.15, -0.1) is 0 Å². The fourth-order valence-corrected chi connectivity index (χ4v) is 4.08. The predicted molar refractivity (Wildman–Crippen MR) is 117 cm³/mol. The van der Waals surface area contributed by atoms with Crippen LogP contribution in [0, 0.1) is 0 Å². The molecular weight excluding hydrogens is 434 g/mol. The van der Waals surface area contributed by atoms with Crippen molar-refractivity contribution in [1.29, 1.82) is 0 Å². The fourth-order valence-electron chi connectivity index (χ4n) is 3.95. The summed E-state index contributed by atoms with van der Waals surface area (Å²) in [4.78, 5) is 36.0. The largest absolute Gasteiger partial charge is 0.548 e. The van der Waals surface area contributed by atoms with Crippen LogP contribution in [0.25, 0.3) is 11.0 Å². The normalized spacial score (nSPS) is 13.9. The molecule has 1 N–H and O–H groups in total. The summed E-state index contributed by atoms with van der Waals surface area (Å²) in [6.45, 7) is -0.398. The first-order valence-electron chi connectivity index (χ1n) is 10.4. The van der Waals surface area contributed by atoms with Crippen LogP contribution in [0.5, 0.6) is 5.75 Å². The zero-order valence-electron chi connectivity index (χ0n) is 17.2. The summed E-state index contributed by atoms with van der Waals surface area (Å²) in [6.07, 6.45) is 3.61. The Morgan fingerprint density at radius 2 is 1.81 bits per heavy atom. The van der Waals surface area contributed by atoms with E-state index in [0.29, 0.717) is 21.9 Å². The molecule has 32 heavy (non-hydrogen) atoms. The van der Waals surface area contributed by atoms with Gasteiger partial charge >= 0.3 is 5.63 Å². The molecule has 1 aliphatic carbocycles. The smallest absolute Gasteiger partial charge is 0.339 e. The quantitative estimate of drug-likeness (QED) is 0.548. The number of hydrogen-bond donors (Lipinski definition) is 1. The Bertz CT molecular complexity index is 1220. The number of hydrogen-bond acceptors (Lipinski definition) is 6. The zero-order chi connectivity index (χ0) is 22.7. The Morgan fingerprint density at radius 1 is 1.09 bits per heavy atom. The van der Waals surface area contributed by atoms with Gasteiger partial charge in [0.1, 0.15) is 11.3 Å². The lowest BCUT2D eigenvalue weighted by molar-refractivity contribution is -0.308. The summed E-state index contributed by atoms with van der Waals surface area (Å²) in [5.74, 6) is -1.67. The summed E-state index contributed by atoms with van der Waals surface area (Å²) in [6, 6.07) is 10.5. The molecule has 0 fully saturated rings. The number of benzene rings is 2. The minimum atomic E-state index is -1.40. The Morgan fingerprint density at radius 3 is 2.53 bits per heavy atom. The van der Waals surface area contributed by atoms with Crippen LogP contribution in [-0.2, 0) is 28.9 Å². The number of carbonyl (C=O) groups excluding carboxylic acids is 2. The van der Waals surface area contributed by atoms with Gasteiger partial charge in [0.15, 0.2) is 6.61 Å². The lowest BCUT2D eigenvalue weighted by Crippen LogP contribution is -2.50. The van der Waals surface area contributed by atoms with Crippen LogP contribution >= 0.6 is 11.6 Å². The lowest BCUT2D eigenvalue weighted by Gasteiger charge is -2.20. The molecule has 0 bridgehead atoms. The molecule has 0 saturated heterocycles. The number of amides is 1. The van der Waals surface area contributed by atoms with Crippen molar-refractivity contribution < 1.29 is 23.8 Å². The van der Waals surface area contributed by atoms with Gasteiger partial charge in [0.25, 0.3) is 5.91 Å². The van der Waals surface area contributed by atoms with Gasteiger partial charge in [-0.3, -0.25) is 4.79 Å². The van der Waals surface area contributed by atoms with Gasteiger partial charge in [0.05, 0.1) is 12.0 Å². The Balaban J connectivity index is 1.42. The molecule has 4 rings (SSSR count). The molecule has 166 valence electrons. The maximum absolute atomic E-state index is 12.3. The van der Waals surface area contributed by atoms with Crippen LogP contribution in [0.4, 0.5) is 0 Å². The van der Waals surface area contributed by atoms with E-state index in [1.807, 2.05) is 6.07 Å². The summed E-state index contributed by atoms with van der Waals surface area (Å²) >= 11 is 5.84. The molecule has 1 amide bonds. The molecule has 0 unspecified atom stereocenters. The first-order valence-corrected chi connectivity index (χ1v) is 10.7. The minimum Gasteiger partial charge on any atom is -0.548 e. The lowest BCUT2D eigenvalue weighted by atomic mass is 9.91. The molecule has 1 heterocycles. The van der Waals surface area contributed by atoms with E-state index in [4.69, 9.17) is 20.8 Å². The van der Waals surface area contributed by atoms with Crippen LogP contribution in [0.2, 0.25) is 5.02 Å². The van der Waals surface area contributed by atoms with Gasteiger partial charge in [0, 0.05) is 22.0 Å². The standard InChI is InChI=1S/C24H22ClNO6/c25-15-7-5-14(6-8-15)11-20(23(28)29)26-22(27)13-31-16-9-10-18-17-3-1-2-4-19(17)24(30)32-21(18)12-16/h5-10,12,20H,1-4,11,13H2,(H,26,27)(H,28,29)/p-1/t20-/m1/s1. The number of carboxylic acid groups (broad SMARTS) is 1. The highest BCUT2D eigenvalue weighted by Gasteiger charge is 2.19. The van der Waals surface area contributed by atoms with Gasteiger partial charge in [-0.05, 0) is 67.5 Å². The molecule has 1 aromatic heterocycles. The molecule has 7 nitrogen and oxygen atoms in total. The van der Waals surface area contributed by atoms with Crippen molar-refractivity contribution in [2.24, 2.45) is 0 Å². The molecule has 0 aliphatic heterocycles. The number of nitrogens with one attached hydrogen (secondary N) is 1. The third-order valence-corrected chi connectivity index (χ3v) is 5.79. The molecule has 0 saturated carbocycles. The molecule has 0 spiro atoms. The van der Waals surface area contributed by atoms with Crippen LogP contribution < -0.4 is 20.8 Å². The second-order valence-corrected chi connectivity index (χ2v) is 8.21. The second-order valence-electron chi connectivity index (χ2n) is 7.77. The van der Waals surface area contributed by atoms with E-state index in [-0.39, 0.29) is 12.0 Å². The van der Waals surface area contributed by atoms with E-state index < -0.39 is 24.5 Å². The van der Waals surface area contributed by atoms with Crippen LogP contribution in [0.1, 0.15) is 29.5 Å². The fraction of sp³-hybridized carbons (Fsp3) is 0.292. The number of ether oxygens (including phenoxy) is 1. The maximum atomic E-state index is 12.3. The Labute approximate surface area is 188 Å². The van der Waals surface area contributed by atoms with Gasteiger partial charge in [-0.2, -0.15) is 0 Å². The van der Waals surface area contributed by atoms with Crippen molar-refractivity contribution in [2.45, 2.75) is 38.1 Å². The van der Waals surface area contributed by atoms with Crippen LogP contribution in [0.3, 0.4) is 0 Å². The van der Waals surface area contributed by atoms with Crippen LogP contribution in [0.15, 0.2) is 51.7 Å². The van der Waals surface area contributed by atoms with Gasteiger partial charge < -0.3 is 24.4 Å². The average molecular weight is 455 g/mol. The highest BCUT2D eigenvalue weighted by atomic mass is 35.5. The first-order chi connectivity index (χ1) is 15.4. The van der Waals surface area contributed by atoms with Crippen molar-refractivity contribution in [3.8, 4) is 5.75 Å². The highest BCUT2D eigenvalue weighted by Crippen LogP contribution is 2.29. The van der Waals surface area contributed by atoms with Crippen molar-refractivity contribution in [2.75, 3.05) is 6.61 Å². The van der Waals surface area contributed by atoms with E-state index in [1.165, 1.54) is 0 Å². The Hall–Kier alpha value is -3.32. The number of carbonyl (C=O) groups is 2. The number of halogens is 1. The van der Waals surface area contributed by atoms with E-state index in [0.717, 1.165) is 42.2 Å². The first kappa shape index (κ1) is 21.9. The molecule has 1 atom stereocenters. The van der Waals surface area contributed by atoms with Crippen molar-refractivity contribution >= 4 is 34.4 Å². The molecule has 8 heteroatoms. The monoisotopic (exact) mass is 454 g/mol. The molecule has 1 aliphatic rings. The topological polar surface area (TPSA) is 109 Å². The number of rotatable bonds is 7. The van der Waals surface area contributed by atoms with Gasteiger partial charge in [-0.25, -0.2) is 4.79 Å². The third-order valence-electron chi connectivity index (χ3n) is 5.54. The number of fused-ring (bicyclic) bond motifs is 3. The predicted octanol–water partition coefficient (Wildman–Crippen LogP) is 2.18. The molecule has 2 aromatic carbocycles. The number of carboxylic acids is 1. The highest BCUT2D eigenvalue weighted by molar-refractivity contribution is 6.30. The summed E-state index contributed by atoms with van der Waals surface area (Å²) in [5.41, 5.74) is 2.53. The zero-order valence-corrected chi connectivity index (χ0v) is 17.9. The van der Waals surface area contributed by atoms with Crippen molar-refractivity contribution in [3.05, 3.63) is 74.6 Å². The van der Waals surface area contributed by atoms with E-state index in [2.05, 4.69) is 5.32 Å². The van der Waals surface area contributed by atoms with E-state index in [9.17, 15) is 19.5 Å². The average Bonchev–Trinajstić information content (AvgIpc) is 2.78. The van der Waals surface area contributed by atoms with Crippen LogP contribution in [-0.4, -0.2) is 24.5 Å². The Kier molecular flexibility index (Phi) is 6.46. The maximum Gasteiger partial charge on any atom is 0.339 e. The van der Waals surface area contributed by atoms with Crippen molar-refractivity contribution in [1.82, 2.24) is 5.32 Å². The van der Waals surface area contributed by atoms with E-state index in [1.54, 1.807) is 36.4 Å². The number of aliphatic carboxylic acids is 1. The molecule has 3 aromatic rings.